The molecule has 1 fully saturated rings. The van der Waals surface area contributed by atoms with Crippen LogP contribution in [0.1, 0.15) is 18.1 Å². The van der Waals surface area contributed by atoms with Crippen LogP contribution in [0.2, 0.25) is 0 Å². The molecule has 2 heterocycles. The second-order valence-corrected chi connectivity index (χ2v) is 2.84. The fourth-order valence-corrected chi connectivity index (χ4v) is 1.44. The van der Waals surface area contributed by atoms with Gasteiger partial charge in [0.15, 0.2) is 5.76 Å². The molecule has 3 N–H and O–H groups in total. The van der Waals surface area contributed by atoms with Crippen LogP contribution in [0.4, 0.5) is 5.69 Å². The van der Waals surface area contributed by atoms with Crippen LogP contribution in [0, 0.1) is 0 Å². The summed E-state index contributed by atoms with van der Waals surface area (Å²) in [5.41, 5.74) is 6.32. The molecule has 0 aliphatic carbocycles. The average molecular weight is 153 g/mol. The van der Waals surface area contributed by atoms with E-state index < -0.39 is 0 Å². The molecule has 4 heteroatoms. The summed E-state index contributed by atoms with van der Waals surface area (Å²) >= 11 is 0. The number of nitrogen functional groups attached to an aromatic ring is 1. The van der Waals surface area contributed by atoms with Gasteiger partial charge in [-0.25, -0.2) is 0 Å². The van der Waals surface area contributed by atoms with Crippen molar-refractivity contribution in [2.75, 3.05) is 18.8 Å². The molecule has 60 valence electrons. The summed E-state index contributed by atoms with van der Waals surface area (Å²) in [7, 11) is 0. The van der Waals surface area contributed by atoms with Crippen molar-refractivity contribution in [3.63, 3.8) is 0 Å². The van der Waals surface area contributed by atoms with Gasteiger partial charge >= 0.3 is 0 Å². The van der Waals surface area contributed by atoms with Crippen LogP contribution in [0.5, 0.6) is 0 Å². The summed E-state index contributed by atoms with van der Waals surface area (Å²) in [6.07, 6.45) is 2.66. The molecule has 1 aromatic rings. The molecule has 2 rings (SSSR count). The standard InChI is InChI=1S/C7H11N3O/c8-6-4-10-11-7(6)5-1-2-9-3-5/h4-5,9H,1-3,8H2. The van der Waals surface area contributed by atoms with E-state index in [1.165, 1.54) is 0 Å². The monoisotopic (exact) mass is 153 g/mol. The smallest absolute Gasteiger partial charge is 0.163 e. The fourth-order valence-electron chi connectivity index (χ4n) is 1.44. The number of nitrogens with one attached hydrogen (secondary N) is 1. The third-order valence-corrected chi connectivity index (χ3v) is 2.06. The molecule has 0 spiro atoms. The summed E-state index contributed by atoms with van der Waals surface area (Å²) in [6.45, 7) is 2.00. The van der Waals surface area contributed by atoms with Crippen molar-refractivity contribution in [1.29, 1.82) is 0 Å². The lowest BCUT2D eigenvalue weighted by atomic mass is 10.1. The minimum atomic E-state index is 0.428. The first-order valence-corrected chi connectivity index (χ1v) is 3.78. The van der Waals surface area contributed by atoms with Gasteiger partial charge in [-0.1, -0.05) is 5.16 Å². The molecule has 1 unspecified atom stereocenters. The normalized spacial score (nSPS) is 24.2. The number of hydrogen-bond donors (Lipinski definition) is 2. The Labute approximate surface area is 64.7 Å². The zero-order valence-electron chi connectivity index (χ0n) is 6.21. The predicted molar refractivity (Wildman–Crippen MR) is 41.1 cm³/mol. The van der Waals surface area contributed by atoms with Crippen LogP contribution in [-0.2, 0) is 0 Å². The Bertz CT molecular complexity index is 240. The Kier molecular flexibility index (Phi) is 1.54. The zero-order chi connectivity index (χ0) is 7.68. The maximum absolute atomic E-state index is 5.64. The van der Waals surface area contributed by atoms with Crippen molar-refractivity contribution in [2.45, 2.75) is 12.3 Å². The Morgan fingerprint density at radius 1 is 1.73 bits per heavy atom. The minimum absolute atomic E-state index is 0.428. The summed E-state index contributed by atoms with van der Waals surface area (Å²) in [5.74, 6) is 1.27. The van der Waals surface area contributed by atoms with E-state index in [4.69, 9.17) is 10.3 Å². The maximum Gasteiger partial charge on any atom is 0.163 e. The lowest BCUT2D eigenvalue weighted by molar-refractivity contribution is 0.366. The molecule has 11 heavy (non-hydrogen) atoms. The lowest BCUT2D eigenvalue weighted by Gasteiger charge is -2.02. The van der Waals surface area contributed by atoms with Crippen molar-refractivity contribution in [3.8, 4) is 0 Å². The van der Waals surface area contributed by atoms with Gasteiger partial charge in [-0.2, -0.15) is 0 Å². The van der Waals surface area contributed by atoms with Gasteiger partial charge in [0.2, 0.25) is 0 Å². The van der Waals surface area contributed by atoms with Crippen molar-refractivity contribution in [3.05, 3.63) is 12.0 Å². The van der Waals surface area contributed by atoms with Gasteiger partial charge in [0.25, 0.3) is 0 Å². The fraction of sp³-hybridized carbons (Fsp3) is 0.571. The Morgan fingerprint density at radius 3 is 3.18 bits per heavy atom. The third-order valence-electron chi connectivity index (χ3n) is 2.06. The summed E-state index contributed by atoms with van der Waals surface area (Å²) in [4.78, 5) is 0. The van der Waals surface area contributed by atoms with Crippen LogP contribution in [-0.4, -0.2) is 18.2 Å². The van der Waals surface area contributed by atoms with Gasteiger partial charge in [-0.15, -0.1) is 0 Å². The molecule has 1 saturated heterocycles. The lowest BCUT2D eigenvalue weighted by Crippen LogP contribution is -2.08. The third kappa shape index (κ3) is 1.09. The molecular formula is C7H11N3O. The average Bonchev–Trinajstić information content (AvgIpc) is 2.55. The van der Waals surface area contributed by atoms with Gasteiger partial charge in [0.05, 0.1) is 11.9 Å². The number of rotatable bonds is 1. The number of anilines is 1. The highest BCUT2D eigenvalue weighted by Crippen LogP contribution is 2.26. The van der Waals surface area contributed by atoms with Crippen LogP contribution in [0.15, 0.2) is 10.7 Å². The van der Waals surface area contributed by atoms with Crippen molar-refractivity contribution in [1.82, 2.24) is 10.5 Å². The van der Waals surface area contributed by atoms with Crippen molar-refractivity contribution >= 4 is 5.69 Å². The molecule has 1 aromatic heterocycles. The predicted octanol–water partition coefficient (Wildman–Crippen LogP) is 0.334. The molecule has 0 saturated carbocycles. The highest BCUT2D eigenvalue weighted by Gasteiger charge is 2.22. The van der Waals surface area contributed by atoms with E-state index in [0.717, 1.165) is 25.3 Å². The number of hydrogen-bond acceptors (Lipinski definition) is 4. The van der Waals surface area contributed by atoms with Crippen LogP contribution >= 0.6 is 0 Å². The highest BCUT2D eigenvalue weighted by atomic mass is 16.5. The van der Waals surface area contributed by atoms with E-state index in [-0.39, 0.29) is 0 Å². The van der Waals surface area contributed by atoms with E-state index in [9.17, 15) is 0 Å². The van der Waals surface area contributed by atoms with E-state index in [1.807, 2.05) is 0 Å². The molecule has 0 bridgehead atoms. The number of nitrogens with two attached hydrogens (primary N) is 1. The summed E-state index contributed by atoms with van der Waals surface area (Å²) in [6, 6.07) is 0. The molecule has 0 amide bonds. The molecule has 0 radical (unpaired) electrons. The second-order valence-electron chi connectivity index (χ2n) is 2.84. The van der Waals surface area contributed by atoms with Gasteiger partial charge in [-0.3, -0.25) is 0 Å². The van der Waals surface area contributed by atoms with Gasteiger partial charge in [-0.05, 0) is 13.0 Å². The van der Waals surface area contributed by atoms with Crippen molar-refractivity contribution < 1.29 is 4.52 Å². The topological polar surface area (TPSA) is 64.1 Å². The molecule has 1 atom stereocenters. The molecule has 1 aliphatic heterocycles. The first-order valence-electron chi connectivity index (χ1n) is 3.78. The SMILES string of the molecule is Nc1cnoc1C1CCNC1. The molecule has 1 aliphatic rings. The van der Waals surface area contributed by atoms with E-state index >= 15 is 0 Å². The Hall–Kier alpha value is -1.03. The molecule has 0 aromatic carbocycles. The minimum Gasteiger partial charge on any atom is -0.395 e. The van der Waals surface area contributed by atoms with Crippen LogP contribution < -0.4 is 11.1 Å². The van der Waals surface area contributed by atoms with Gasteiger partial charge < -0.3 is 15.6 Å². The van der Waals surface area contributed by atoms with E-state index in [2.05, 4.69) is 10.5 Å². The zero-order valence-corrected chi connectivity index (χ0v) is 6.21. The Balaban J connectivity index is 2.21. The largest absolute Gasteiger partial charge is 0.395 e. The van der Waals surface area contributed by atoms with Gasteiger partial charge in [0.1, 0.15) is 0 Å². The van der Waals surface area contributed by atoms with E-state index in [1.54, 1.807) is 6.20 Å². The first kappa shape index (κ1) is 6.67. The van der Waals surface area contributed by atoms with Crippen molar-refractivity contribution in [2.24, 2.45) is 0 Å². The summed E-state index contributed by atoms with van der Waals surface area (Å²) < 4.78 is 5.03. The van der Waals surface area contributed by atoms with Crippen LogP contribution in [0.25, 0.3) is 0 Å². The Morgan fingerprint density at radius 2 is 2.64 bits per heavy atom. The van der Waals surface area contributed by atoms with Gasteiger partial charge in [0, 0.05) is 12.5 Å². The maximum atomic E-state index is 5.64. The quantitative estimate of drug-likeness (QED) is 0.610. The number of aromatic nitrogens is 1. The second kappa shape index (κ2) is 2.54. The first-order chi connectivity index (χ1) is 5.38. The highest BCUT2D eigenvalue weighted by molar-refractivity contribution is 5.40. The summed E-state index contributed by atoms with van der Waals surface area (Å²) in [5, 5.41) is 6.88. The molecule has 4 nitrogen and oxygen atoms in total. The van der Waals surface area contributed by atoms with E-state index in [0.29, 0.717) is 11.6 Å². The molecular weight excluding hydrogens is 142 g/mol. The number of nitrogens with zero attached hydrogens (tertiary/aromatic N) is 1. The van der Waals surface area contributed by atoms with Crippen LogP contribution in [0.3, 0.4) is 0 Å².